The number of anilines is 2. The SMILES string of the molecule is CC(c1ccc(-c2ccccc2)c(F)c1)c1nn2c(c1N)NC(=O)CC2. The number of aryl methyl sites for hydroxylation is 1. The van der Waals surface area contributed by atoms with Crippen molar-refractivity contribution < 1.29 is 9.18 Å². The summed E-state index contributed by atoms with van der Waals surface area (Å²) in [6.45, 7) is 2.43. The number of fused-ring (bicyclic) bond motifs is 1. The Hall–Kier alpha value is -3.15. The quantitative estimate of drug-likeness (QED) is 0.755. The fraction of sp³-hybridized carbons (Fsp3) is 0.200. The van der Waals surface area contributed by atoms with Crippen LogP contribution in [0.25, 0.3) is 11.1 Å². The third kappa shape index (κ3) is 2.73. The average Bonchev–Trinajstić information content (AvgIpc) is 2.98. The van der Waals surface area contributed by atoms with E-state index in [1.807, 2.05) is 43.3 Å². The van der Waals surface area contributed by atoms with E-state index >= 15 is 0 Å². The predicted octanol–water partition coefficient (Wildman–Crippen LogP) is 3.77. The molecule has 1 amide bonds. The van der Waals surface area contributed by atoms with Gasteiger partial charge in [0.15, 0.2) is 5.82 Å². The highest BCUT2D eigenvalue weighted by Gasteiger charge is 2.25. The Morgan fingerprint density at radius 1 is 1.23 bits per heavy atom. The second-order valence-electron chi connectivity index (χ2n) is 6.50. The van der Waals surface area contributed by atoms with E-state index in [4.69, 9.17) is 5.73 Å². The Morgan fingerprint density at radius 2 is 2.00 bits per heavy atom. The lowest BCUT2D eigenvalue weighted by Gasteiger charge is -2.14. The molecule has 26 heavy (non-hydrogen) atoms. The van der Waals surface area contributed by atoms with Crippen molar-refractivity contribution in [3.63, 3.8) is 0 Å². The molecule has 1 aliphatic heterocycles. The molecule has 0 saturated carbocycles. The smallest absolute Gasteiger partial charge is 0.227 e. The molecule has 0 spiro atoms. The van der Waals surface area contributed by atoms with Crippen molar-refractivity contribution in [3.05, 3.63) is 65.6 Å². The van der Waals surface area contributed by atoms with Gasteiger partial charge in [-0.15, -0.1) is 0 Å². The van der Waals surface area contributed by atoms with Crippen molar-refractivity contribution in [3.8, 4) is 11.1 Å². The molecule has 2 aromatic carbocycles. The normalized spacial score (nSPS) is 14.6. The molecule has 5 nitrogen and oxygen atoms in total. The molecule has 1 atom stereocenters. The number of halogens is 1. The van der Waals surface area contributed by atoms with Gasteiger partial charge in [-0.05, 0) is 17.2 Å². The largest absolute Gasteiger partial charge is 0.394 e. The number of carbonyl (C=O) groups is 1. The maximum atomic E-state index is 14.7. The number of nitrogens with two attached hydrogens (primary N) is 1. The van der Waals surface area contributed by atoms with E-state index in [2.05, 4.69) is 10.4 Å². The van der Waals surface area contributed by atoms with Gasteiger partial charge in [-0.3, -0.25) is 4.79 Å². The van der Waals surface area contributed by atoms with Crippen molar-refractivity contribution in [1.82, 2.24) is 9.78 Å². The second-order valence-corrected chi connectivity index (χ2v) is 6.50. The molecule has 1 unspecified atom stereocenters. The van der Waals surface area contributed by atoms with Gasteiger partial charge < -0.3 is 11.1 Å². The van der Waals surface area contributed by atoms with Crippen LogP contribution in [0.15, 0.2) is 48.5 Å². The van der Waals surface area contributed by atoms with E-state index in [0.29, 0.717) is 35.7 Å². The Morgan fingerprint density at radius 3 is 2.73 bits per heavy atom. The zero-order valence-electron chi connectivity index (χ0n) is 14.4. The number of hydrogen-bond donors (Lipinski definition) is 2. The highest BCUT2D eigenvalue weighted by molar-refractivity contribution is 5.94. The van der Waals surface area contributed by atoms with Gasteiger partial charge in [-0.2, -0.15) is 5.10 Å². The number of nitrogen functional groups attached to an aromatic ring is 1. The number of benzene rings is 2. The van der Waals surface area contributed by atoms with Crippen LogP contribution in [0.2, 0.25) is 0 Å². The number of nitrogens with one attached hydrogen (secondary N) is 1. The highest BCUT2D eigenvalue weighted by Crippen LogP contribution is 2.35. The van der Waals surface area contributed by atoms with Gasteiger partial charge in [-0.25, -0.2) is 9.07 Å². The van der Waals surface area contributed by atoms with Gasteiger partial charge in [0.05, 0.1) is 17.9 Å². The Balaban J connectivity index is 1.68. The molecule has 3 aromatic rings. The van der Waals surface area contributed by atoms with E-state index in [0.717, 1.165) is 11.1 Å². The molecule has 1 aromatic heterocycles. The summed E-state index contributed by atoms with van der Waals surface area (Å²) in [5, 5.41) is 7.29. The molecular formula is C20H19FN4O. The van der Waals surface area contributed by atoms with E-state index in [9.17, 15) is 9.18 Å². The van der Waals surface area contributed by atoms with Crippen LogP contribution < -0.4 is 11.1 Å². The van der Waals surface area contributed by atoms with Crippen molar-refractivity contribution in [1.29, 1.82) is 0 Å². The minimum absolute atomic E-state index is 0.0680. The highest BCUT2D eigenvalue weighted by atomic mass is 19.1. The standard InChI is InChI=1S/C20H19FN4O/c1-12(19-18(22)20-23-17(26)9-10-25(20)24-19)14-7-8-15(16(21)11-14)13-5-3-2-4-6-13/h2-8,11-12H,9-10,22H2,1H3,(H,23,26). The maximum absolute atomic E-state index is 14.7. The molecule has 0 radical (unpaired) electrons. The van der Waals surface area contributed by atoms with Crippen LogP contribution in [0.4, 0.5) is 15.9 Å². The first-order chi connectivity index (χ1) is 12.5. The molecule has 132 valence electrons. The molecule has 6 heteroatoms. The lowest BCUT2D eigenvalue weighted by Crippen LogP contribution is -2.23. The molecule has 4 rings (SSSR count). The summed E-state index contributed by atoms with van der Waals surface area (Å²) in [6.07, 6.45) is 0.377. The summed E-state index contributed by atoms with van der Waals surface area (Å²) in [6, 6.07) is 14.6. The summed E-state index contributed by atoms with van der Waals surface area (Å²) in [5.74, 6) is -0.00763. The summed E-state index contributed by atoms with van der Waals surface area (Å²) in [5.41, 5.74) is 9.47. The Labute approximate surface area is 150 Å². The van der Waals surface area contributed by atoms with Crippen LogP contribution in [0.3, 0.4) is 0 Å². The number of carbonyl (C=O) groups excluding carboxylic acids is 1. The molecule has 0 saturated heterocycles. The van der Waals surface area contributed by atoms with Crippen molar-refractivity contribution in [2.24, 2.45) is 0 Å². The topological polar surface area (TPSA) is 72.9 Å². The second kappa shape index (κ2) is 6.29. The number of aromatic nitrogens is 2. The molecule has 2 heterocycles. The average molecular weight is 350 g/mol. The predicted molar refractivity (Wildman–Crippen MR) is 99.2 cm³/mol. The number of nitrogens with zero attached hydrogens (tertiary/aromatic N) is 2. The molecular weight excluding hydrogens is 331 g/mol. The molecule has 0 bridgehead atoms. The first-order valence-electron chi connectivity index (χ1n) is 8.55. The van der Waals surface area contributed by atoms with Gasteiger partial charge >= 0.3 is 0 Å². The van der Waals surface area contributed by atoms with E-state index in [1.165, 1.54) is 6.07 Å². The van der Waals surface area contributed by atoms with E-state index in [1.54, 1.807) is 10.7 Å². The fourth-order valence-corrected chi connectivity index (χ4v) is 3.32. The van der Waals surface area contributed by atoms with Gasteiger partial charge in [0.25, 0.3) is 0 Å². The number of amides is 1. The van der Waals surface area contributed by atoms with Crippen molar-refractivity contribution >= 4 is 17.4 Å². The van der Waals surface area contributed by atoms with Crippen LogP contribution in [0.1, 0.15) is 30.5 Å². The minimum Gasteiger partial charge on any atom is -0.394 e. The number of hydrogen-bond acceptors (Lipinski definition) is 3. The lowest BCUT2D eigenvalue weighted by atomic mass is 9.94. The van der Waals surface area contributed by atoms with Gasteiger partial charge in [0.1, 0.15) is 5.82 Å². The summed E-state index contributed by atoms with van der Waals surface area (Å²) >= 11 is 0. The fourth-order valence-electron chi connectivity index (χ4n) is 3.32. The summed E-state index contributed by atoms with van der Waals surface area (Å²) in [4.78, 5) is 11.6. The first-order valence-corrected chi connectivity index (χ1v) is 8.55. The molecule has 3 N–H and O–H groups in total. The van der Waals surface area contributed by atoms with Crippen LogP contribution in [-0.4, -0.2) is 15.7 Å². The first kappa shape index (κ1) is 16.3. The third-order valence-corrected chi connectivity index (χ3v) is 4.81. The monoisotopic (exact) mass is 350 g/mol. The molecule has 1 aliphatic rings. The van der Waals surface area contributed by atoms with Crippen LogP contribution >= 0.6 is 0 Å². The zero-order chi connectivity index (χ0) is 18.3. The molecule has 0 aliphatic carbocycles. The van der Waals surface area contributed by atoms with Gasteiger partial charge in [0.2, 0.25) is 5.91 Å². The lowest BCUT2D eigenvalue weighted by molar-refractivity contribution is -0.116. The van der Waals surface area contributed by atoms with Gasteiger partial charge in [0, 0.05) is 17.9 Å². The minimum atomic E-state index is -0.281. The van der Waals surface area contributed by atoms with E-state index in [-0.39, 0.29) is 17.6 Å². The zero-order valence-corrected chi connectivity index (χ0v) is 14.4. The third-order valence-electron chi connectivity index (χ3n) is 4.81. The van der Waals surface area contributed by atoms with Crippen molar-refractivity contribution in [2.45, 2.75) is 25.8 Å². The summed E-state index contributed by atoms with van der Waals surface area (Å²) < 4.78 is 16.4. The maximum Gasteiger partial charge on any atom is 0.227 e. The Kier molecular flexibility index (Phi) is 3.95. The summed E-state index contributed by atoms with van der Waals surface area (Å²) in [7, 11) is 0. The van der Waals surface area contributed by atoms with Crippen LogP contribution in [0.5, 0.6) is 0 Å². The van der Waals surface area contributed by atoms with Crippen LogP contribution in [-0.2, 0) is 11.3 Å². The van der Waals surface area contributed by atoms with E-state index < -0.39 is 0 Å². The Bertz CT molecular complexity index is 981. The molecule has 0 fully saturated rings. The van der Waals surface area contributed by atoms with Gasteiger partial charge in [-0.1, -0.05) is 49.4 Å². The van der Waals surface area contributed by atoms with Crippen molar-refractivity contribution in [2.75, 3.05) is 11.1 Å². The van der Waals surface area contributed by atoms with Crippen LogP contribution in [0, 0.1) is 5.82 Å². The number of rotatable bonds is 3.